The van der Waals surface area contributed by atoms with E-state index in [-0.39, 0.29) is 5.41 Å². The standard InChI is InChI=1S/C11H23NO2/c1-9(2)5-6-11(13,7-9)10(3,12)8-14-4/h13H,5-8,12H2,1-4H3. The molecule has 1 aliphatic rings. The van der Waals surface area contributed by atoms with E-state index in [0.29, 0.717) is 6.61 Å². The lowest BCUT2D eigenvalue weighted by Crippen LogP contribution is -2.60. The van der Waals surface area contributed by atoms with E-state index in [1.54, 1.807) is 7.11 Å². The Morgan fingerprint density at radius 1 is 1.43 bits per heavy atom. The summed E-state index contributed by atoms with van der Waals surface area (Å²) in [5.41, 5.74) is 4.90. The number of ether oxygens (including phenoxy) is 1. The van der Waals surface area contributed by atoms with Gasteiger partial charge in [-0.2, -0.15) is 0 Å². The minimum Gasteiger partial charge on any atom is -0.388 e. The third-order valence-electron chi connectivity index (χ3n) is 3.49. The Labute approximate surface area is 86.6 Å². The molecule has 0 heterocycles. The third kappa shape index (κ3) is 2.10. The zero-order valence-electron chi connectivity index (χ0n) is 9.76. The van der Waals surface area contributed by atoms with Crippen molar-refractivity contribution >= 4 is 0 Å². The molecule has 0 aromatic rings. The second-order valence-corrected chi connectivity index (χ2v) is 5.72. The largest absolute Gasteiger partial charge is 0.388 e. The molecule has 0 bridgehead atoms. The third-order valence-corrected chi connectivity index (χ3v) is 3.49. The summed E-state index contributed by atoms with van der Waals surface area (Å²) in [5, 5.41) is 10.5. The zero-order chi connectivity index (χ0) is 11.0. The Bertz CT molecular complexity index is 213. The minimum absolute atomic E-state index is 0.198. The van der Waals surface area contributed by atoms with E-state index in [4.69, 9.17) is 10.5 Å². The van der Waals surface area contributed by atoms with Gasteiger partial charge in [-0.15, -0.1) is 0 Å². The number of methoxy groups -OCH3 is 1. The fourth-order valence-electron chi connectivity index (χ4n) is 2.44. The average Bonchev–Trinajstić information content (AvgIpc) is 2.27. The molecule has 2 atom stereocenters. The monoisotopic (exact) mass is 201 g/mol. The Morgan fingerprint density at radius 2 is 2.00 bits per heavy atom. The summed E-state index contributed by atoms with van der Waals surface area (Å²) in [5.74, 6) is 0. The van der Waals surface area contributed by atoms with Gasteiger partial charge in [0.2, 0.25) is 0 Å². The molecule has 0 aromatic heterocycles. The summed E-state index contributed by atoms with van der Waals surface area (Å²) in [6.07, 6.45) is 2.56. The number of nitrogens with two attached hydrogens (primary N) is 1. The summed E-state index contributed by atoms with van der Waals surface area (Å²) >= 11 is 0. The van der Waals surface area contributed by atoms with Crippen LogP contribution in [0, 0.1) is 5.41 Å². The zero-order valence-corrected chi connectivity index (χ0v) is 9.76. The average molecular weight is 201 g/mol. The van der Waals surface area contributed by atoms with Crippen LogP contribution in [0.15, 0.2) is 0 Å². The highest BCUT2D eigenvalue weighted by Gasteiger charge is 2.51. The van der Waals surface area contributed by atoms with Crippen LogP contribution in [-0.2, 0) is 4.74 Å². The Kier molecular flexibility index (Phi) is 2.96. The SMILES string of the molecule is COCC(C)(N)C1(O)CCC(C)(C)C1. The van der Waals surface area contributed by atoms with Gasteiger partial charge < -0.3 is 15.6 Å². The topological polar surface area (TPSA) is 55.5 Å². The Balaban J connectivity index is 2.76. The van der Waals surface area contributed by atoms with Crippen molar-refractivity contribution in [2.24, 2.45) is 11.1 Å². The van der Waals surface area contributed by atoms with Gasteiger partial charge in [-0.1, -0.05) is 13.8 Å². The molecule has 1 saturated carbocycles. The second kappa shape index (κ2) is 3.47. The van der Waals surface area contributed by atoms with E-state index in [2.05, 4.69) is 13.8 Å². The molecule has 14 heavy (non-hydrogen) atoms. The van der Waals surface area contributed by atoms with Crippen LogP contribution in [0.5, 0.6) is 0 Å². The van der Waals surface area contributed by atoms with Crippen molar-refractivity contribution in [1.82, 2.24) is 0 Å². The number of aliphatic hydroxyl groups is 1. The first-order valence-corrected chi connectivity index (χ1v) is 5.23. The van der Waals surface area contributed by atoms with E-state index in [1.807, 2.05) is 6.92 Å². The summed E-state index contributed by atoms with van der Waals surface area (Å²) in [7, 11) is 1.62. The normalized spacial score (nSPS) is 35.6. The molecule has 0 amide bonds. The molecule has 2 unspecified atom stereocenters. The predicted octanol–water partition coefficient (Wildman–Crippen LogP) is 1.29. The van der Waals surface area contributed by atoms with Crippen molar-refractivity contribution in [3.8, 4) is 0 Å². The minimum atomic E-state index is -0.771. The fourth-order valence-corrected chi connectivity index (χ4v) is 2.44. The van der Waals surface area contributed by atoms with Crippen molar-refractivity contribution in [3.63, 3.8) is 0 Å². The van der Waals surface area contributed by atoms with Crippen molar-refractivity contribution in [3.05, 3.63) is 0 Å². The van der Waals surface area contributed by atoms with Gasteiger partial charge in [0.15, 0.2) is 0 Å². The lowest BCUT2D eigenvalue weighted by atomic mass is 9.78. The van der Waals surface area contributed by atoms with Gasteiger partial charge in [-0.3, -0.25) is 0 Å². The van der Waals surface area contributed by atoms with Crippen molar-refractivity contribution in [2.45, 2.75) is 51.2 Å². The van der Waals surface area contributed by atoms with Gasteiger partial charge >= 0.3 is 0 Å². The predicted molar refractivity (Wildman–Crippen MR) is 57.1 cm³/mol. The number of rotatable bonds is 3. The molecule has 0 spiro atoms. The van der Waals surface area contributed by atoms with Crippen LogP contribution in [-0.4, -0.2) is 30.0 Å². The number of hydrogen-bond acceptors (Lipinski definition) is 3. The second-order valence-electron chi connectivity index (χ2n) is 5.72. The van der Waals surface area contributed by atoms with Crippen LogP contribution < -0.4 is 5.73 Å². The molecule has 3 heteroatoms. The van der Waals surface area contributed by atoms with Gasteiger partial charge in [0.05, 0.1) is 17.7 Å². The molecule has 0 radical (unpaired) electrons. The quantitative estimate of drug-likeness (QED) is 0.723. The first kappa shape index (κ1) is 12.0. The molecule has 0 aromatic carbocycles. The van der Waals surface area contributed by atoms with E-state index >= 15 is 0 Å². The molecule has 0 aliphatic heterocycles. The highest BCUT2D eigenvalue weighted by Crippen LogP contribution is 2.47. The summed E-state index contributed by atoms with van der Waals surface area (Å²) in [6, 6.07) is 0. The van der Waals surface area contributed by atoms with Crippen molar-refractivity contribution < 1.29 is 9.84 Å². The molecule has 0 saturated heterocycles. The van der Waals surface area contributed by atoms with Crippen LogP contribution in [0.2, 0.25) is 0 Å². The van der Waals surface area contributed by atoms with Crippen LogP contribution in [0.1, 0.15) is 40.0 Å². The van der Waals surface area contributed by atoms with Gasteiger partial charge in [0.25, 0.3) is 0 Å². The van der Waals surface area contributed by atoms with Gasteiger partial charge in [0, 0.05) is 7.11 Å². The maximum Gasteiger partial charge on any atom is 0.0851 e. The van der Waals surface area contributed by atoms with Crippen LogP contribution in [0.4, 0.5) is 0 Å². The van der Waals surface area contributed by atoms with E-state index in [9.17, 15) is 5.11 Å². The first-order valence-electron chi connectivity index (χ1n) is 5.23. The highest BCUT2D eigenvalue weighted by molar-refractivity contribution is 5.07. The smallest absolute Gasteiger partial charge is 0.0851 e. The van der Waals surface area contributed by atoms with Crippen LogP contribution in [0.3, 0.4) is 0 Å². The van der Waals surface area contributed by atoms with E-state index in [1.165, 1.54) is 0 Å². The van der Waals surface area contributed by atoms with Crippen molar-refractivity contribution in [2.75, 3.05) is 13.7 Å². The number of hydrogen-bond donors (Lipinski definition) is 2. The van der Waals surface area contributed by atoms with Crippen LogP contribution in [0.25, 0.3) is 0 Å². The molecule has 3 nitrogen and oxygen atoms in total. The maximum absolute atomic E-state index is 10.5. The molecule has 3 N–H and O–H groups in total. The first-order chi connectivity index (χ1) is 6.22. The summed E-state index contributed by atoms with van der Waals surface area (Å²) in [6.45, 7) is 6.62. The van der Waals surface area contributed by atoms with E-state index in [0.717, 1.165) is 19.3 Å². The molecule has 1 aliphatic carbocycles. The fraction of sp³-hybridized carbons (Fsp3) is 1.00. The maximum atomic E-state index is 10.5. The molecular weight excluding hydrogens is 178 g/mol. The van der Waals surface area contributed by atoms with Crippen molar-refractivity contribution in [1.29, 1.82) is 0 Å². The van der Waals surface area contributed by atoms with Gasteiger partial charge in [-0.05, 0) is 31.6 Å². The highest BCUT2D eigenvalue weighted by atomic mass is 16.5. The van der Waals surface area contributed by atoms with Crippen LogP contribution >= 0.6 is 0 Å². The van der Waals surface area contributed by atoms with Gasteiger partial charge in [0.1, 0.15) is 0 Å². The Hall–Kier alpha value is -0.120. The summed E-state index contributed by atoms with van der Waals surface area (Å²) in [4.78, 5) is 0. The van der Waals surface area contributed by atoms with Gasteiger partial charge in [-0.25, -0.2) is 0 Å². The molecule has 1 rings (SSSR count). The lowest BCUT2D eigenvalue weighted by Gasteiger charge is -2.40. The molecule has 1 fully saturated rings. The summed E-state index contributed by atoms with van der Waals surface area (Å²) < 4.78 is 5.07. The molecular formula is C11H23NO2. The Morgan fingerprint density at radius 3 is 2.36 bits per heavy atom. The lowest BCUT2D eigenvalue weighted by molar-refractivity contribution is -0.0583. The van der Waals surface area contributed by atoms with E-state index < -0.39 is 11.1 Å². The molecule has 84 valence electrons.